The zero-order valence-corrected chi connectivity index (χ0v) is 21.1. The second-order valence-corrected chi connectivity index (χ2v) is 9.44. The van der Waals surface area contributed by atoms with E-state index in [0.29, 0.717) is 22.6 Å². The van der Waals surface area contributed by atoms with Crippen molar-refractivity contribution in [1.82, 2.24) is 4.72 Å². The fourth-order valence-corrected chi connectivity index (χ4v) is 4.28. The standard InChI is InChI=1S/C27H37NO4S/c1-5-6-7-12-21-17-24(29)23(15-14-20(4)11-8-10-19(2)3)26(31)27(21)33-28-25(30)18-22-13-9-16-32-22/h9-10,13-14,16-17,29,31H,5-8,11-12,15,18H2,1-4H3,(H,28,30)/b20-14+. The molecule has 2 rings (SSSR count). The van der Waals surface area contributed by atoms with Crippen LogP contribution in [0, 0.1) is 0 Å². The minimum atomic E-state index is -0.210. The molecule has 180 valence electrons. The molecule has 0 radical (unpaired) electrons. The van der Waals surface area contributed by atoms with E-state index in [-0.39, 0.29) is 23.8 Å². The molecule has 0 bridgehead atoms. The van der Waals surface area contributed by atoms with Crippen LogP contribution in [0.3, 0.4) is 0 Å². The molecule has 0 saturated heterocycles. The number of carbonyl (C=O) groups excluding carboxylic acids is 1. The minimum absolute atomic E-state index is 0.0399. The van der Waals surface area contributed by atoms with Gasteiger partial charge in [0.1, 0.15) is 17.3 Å². The van der Waals surface area contributed by atoms with Crippen molar-refractivity contribution in [3.8, 4) is 11.5 Å². The summed E-state index contributed by atoms with van der Waals surface area (Å²) in [5.41, 5.74) is 3.83. The number of phenolic OH excluding ortho intramolecular Hbond substituents is 2. The van der Waals surface area contributed by atoms with Crippen LogP contribution in [0.1, 0.15) is 76.7 Å². The Hall–Kier alpha value is -2.60. The van der Waals surface area contributed by atoms with Crippen LogP contribution in [0.15, 0.2) is 57.1 Å². The highest BCUT2D eigenvalue weighted by molar-refractivity contribution is 7.98. The zero-order chi connectivity index (χ0) is 24.2. The average Bonchev–Trinajstić information content (AvgIpc) is 3.26. The van der Waals surface area contributed by atoms with Crippen LogP contribution in [0.5, 0.6) is 11.5 Å². The van der Waals surface area contributed by atoms with Crippen LogP contribution in [0.4, 0.5) is 0 Å². The largest absolute Gasteiger partial charge is 0.508 e. The van der Waals surface area contributed by atoms with Gasteiger partial charge in [0.15, 0.2) is 0 Å². The summed E-state index contributed by atoms with van der Waals surface area (Å²) in [4.78, 5) is 12.9. The van der Waals surface area contributed by atoms with Crippen molar-refractivity contribution in [3.05, 3.63) is 64.6 Å². The summed E-state index contributed by atoms with van der Waals surface area (Å²) in [5, 5.41) is 21.7. The van der Waals surface area contributed by atoms with E-state index in [2.05, 4.69) is 38.5 Å². The number of allylic oxidation sites excluding steroid dienone is 4. The van der Waals surface area contributed by atoms with Gasteiger partial charge >= 0.3 is 0 Å². The molecular formula is C27H37NO4S. The van der Waals surface area contributed by atoms with Crippen LogP contribution < -0.4 is 4.72 Å². The Labute approximate surface area is 202 Å². The first-order chi connectivity index (χ1) is 15.8. The lowest BCUT2D eigenvalue weighted by molar-refractivity contribution is -0.118. The number of hydrogen-bond acceptors (Lipinski definition) is 5. The molecular weight excluding hydrogens is 434 g/mol. The summed E-state index contributed by atoms with van der Waals surface area (Å²) in [6, 6.07) is 5.23. The number of rotatable bonds is 13. The van der Waals surface area contributed by atoms with Crippen molar-refractivity contribution in [3.63, 3.8) is 0 Å². The van der Waals surface area contributed by atoms with Crippen LogP contribution >= 0.6 is 11.9 Å². The predicted molar refractivity (Wildman–Crippen MR) is 136 cm³/mol. The lowest BCUT2D eigenvalue weighted by atomic mass is 10.00. The number of unbranched alkanes of at least 4 members (excludes halogenated alkanes) is 2. The Morgan fingerprint density at radius 2 is 1.97 bits per heavy atom. The number of benzene rings is 1. The molecule has 0 spiro atoms. The van der Waals surface area contributed by atoms with Crippen LogP contribution in [-0.4, -0.2) is 16.1 Å². The van der Waals surface area contributed by atoms with Crippen molar-refractivity contribution in [1.29, 1.82) is 0 Å². The van der Waals surface area contributed by atoms with Gasteiger partial charge in [-0.3, -0.25) is 9.52 Å². The van der Waals surface area contributed by atoms with Crippen molar-refractivity contribution < 1.29 is 19.4 Å². The number of amides is 1. The summed E-state index contributed by atoms with van der Waals surface area (Å²) in [6.07, 6.45) is 12.1. The molecule has 0 saturated carbocycles. The molecule has 5 nitrogen and oxygen atoms in total. The van der Waals surface area contributed by atoms with Gasteiger partial charge in [-0.25, -0.2) is 0 Å². The molecule has 1 aromatic carbocycles. The first-order valence-electron chi connectivity index (χ1n) is 11.7. The number of hydrogen-bond donors (Lipinski definition) is 3. The molecule has 6 heteroatoms. The highest BCUT2D eigenvalue weighted by Gasteiger charge is 2.19. The number of furan rings is 1. The normalized spacial score (nSPS) is 11.5. The minimum Gasteiger partial charge on any atom is -0.508 e. The van der Waals surface area contributed by atoms with Crippen molar-refractivity contribution in [2.75, 3.05) is 0 Å². The predicted octanol–water partition coefficient (Wildman–Crippen LogP) is 7.02. The third kappa shape index (κ3) is 9.04. The molecule has 0 unspecified atom stereocenters. The fraction of sp³-hybridized carbons (Fsp3) is 0.444. The van der Waals surface area contributed by atoms with Gasteiger partial charge in [0.25, 0.3) is 0 Å². The van der Waals surface area contributed by atoms with Crippen molar-refractivity contribution >= 4 is 17.9 Å². The SMILES string of the molecule is CCCCCc1cc(O)c(C/C=C(\C)CCC=C(C)C)c(O)c1SNC(=O)Cc1ccco1. The number of nitrogens with one attached hydrogen (secondary N) is 1. The van der Waals surface area contributed by atoms with E-state index in [1.54, 1.807) is 18.2 Å². The number of phenols is 2. The Morgan fingerprint density at radius 1 is 1.18 bits per heavy atom. The quantitative estimate of drug-likeness (QED) is 0.166. The first-order valence-corrected chi connectivity index (χ1v) is 12.5. The van der Waals surface area contributed by atoms with Crippen molar-refractivity contribution in [2.45, 2.75) is 84.0 Å². The van der Waals surface area contributed by atoms with Gasteiger partial charge in [0.05, 0.1) is 17.6 Å². The first kappa shape index (κ1) is 26.7. The van der Waals surface area contributed by atoms with Gasteiger partial charge in [-0.2, -0.15) is 0 Å². The molecule has 1 amide bonds. The molecule has 0 fully saturated rings. The maximum atomic E-state index is 12.3. The lowest BCUT2D eigenvalue weighted by Crippen LogP contribution is -2.18. The molecule has 0 aliphatic heterocycles. The van der Waals surface area contributed by atoms with E-state index in [9.17, 15) is 15.0 Å². The molecule has 1 heterocycles. The van der Waals surface area contributed by atoms with Gasteiger partial charge < -0.3 is 14.6 Å². The van der Waals surface area contributed by atoms with E-state index in [0.717, 1.165) is 56.0 Å². The summed E-state index contributed by atoms with van der Waals surface area (Å²) >= 11 is 1.11. The number of aromatic hydroxyl groups is 2. The Kier molecular flexibility index (Phi) is 11.2. The van der Waals surface area contributed by atoms with Crippen LogP contribution in [0.25, 0.3) is 0 Å². The second-order valence-electron chi connectivity index (χ2n) is 8.63. The molecule has 33 heavy (non-hydrogen) atoms. The third-order valence-corrected chi connectivity index (χ3v) is 6.38. The Morgan fingerprint density at radius 3 is 2.64 bits per heavy atom. The maximum absolute atomic E-state index is 12.3. The summed E-state index contributed by atoms with van der Waals surface area (Å²) < 4.78 is 8.05. The van der Waals surface area contributed by atoms with E-state index in [4.69, 9.17) is 4.42 Å². The molecule has 3 N–H and O–H groups in total. The number of aryl methyl sites for hydroxylation is 1. The van der Waals surface area contributed by atoms with Crippen LogP contribution in [0.2, 0.25) is 0 Å². The monoisotopic (exact) mass is 471 g/mol. The Balaban J connectivity index is 2.19. The Bertz CT molecular complexity index is 957. The zero-order valence-electron chi connectivity index (χ0n) is 20.2. The molecule has 1 aromatic heterocycles. The van der Waals surface area contributed by atoms with Gasteiger partial charge in [0.2, 0.25) is 5.91 Å². The van der Waals surface area contributed by atoms with Gasteiger partial charge in [0, 0.05) is 5.56 Å². The highest BCUT2D eigenvalue weighted by atomic mass is 32.2. The molecule has 2 aromatic rings. The summed E-state index contributed by atoms with van der Waals surface area (Å²) in [7, 11) is 0. The average molecular weight is 472 g/mol. The lowest BCUT2D eigenvalue weighted by Gasteiger charge is -2.16. The van der Waals surface area contributed by atoms with Gasteiger partial charge in [-0.1, -0.05) is 43.1 Å². The third-order valence-electron chi connectivity index (χ3n) is 5.39. The molecule has 0 aliphatic rings. The summed E-state index contributed by atoms with van der Waals surface area (Å²) in [6.45, 7) is 8.37. The topological polar surface area (TPSA) is 82.7 Å². The van der Waals surface area contributed by atoms with Gasteiger partial charge in [-0.05, 0) is 88.6 Å². The molecule has 0 aliphatic carbocycles. The van der Waals surface area contributed by atoms with E-state index < -0.39 is 0 Å². The van der Waals surface area contributed by atoms with E-state index in [1.807, 2.05) is 6.08 Å². The highest BCUT2D eigenvalue weighted by Crippen LogP contribution is 2.40. The van der Waals surface area contributed by atoms with E-state index >= 15 is 0 Å². The smallest absolute Gasteiger partial charge is 0.237 e. The fourth-order valence-electron chi connectivity index (χ4n) is 3.48. The number of carbonyl (C=O) groups is 1. The second kappa shape index (κ2) is 13.8. The van der Waals surface area contributed by atoms with Gasteiger partial charge in [-0.15, -0.1) is 0 Å². The van der Waals surface area contributed by atoms with Crippen molar-refractivity contribution in [2.24, 2.45) is 0 Å². The van der Waals surface area contributed by atoms with E-state index in [1.165, 1.54) is 17.4 Å². The maximum Gasteiger partial charge on any atom is 0.237 e. The van der Waals surface area contributed by atoms with Crippen LogP contribution in [-0.2, 0) is 24.1 Å². The molecule has 0 atom stereocenters. The summed E-state index contributed by atoms with van der Waals surface area (Å²) in [5.74, 6) is 0.510.